The summed E-state index contributed by atoms with van der Waals surface area (Å²) < 4.78 is 5.58. The van der Waals surface area contributed by atoms with Gasteiger partial charge in [-0.25, -0.2) is 0 Å². The average Bonchev–Trinajstić information content (AvgIpc) is 2.79. The van der Waals surface area contributed by atoms with Gasteiger partial charge in [-0.05, 0) is 37.3 Å². The lowest BCUT2D eigenvalue weighted by atomic mass is 9.93. The van der Waals surface area contributed by atoms with Crippen molar-refractivity contribution in [2.24, 2.45) is 5.92 Å². The molecule has 0 unspecified atom stereocenters. The number of aryl methyl sites for hydroxylation is 2. The van der Waals surface area contributed by atoms with Crippen LogP contribution in [0.3, 0.4) is 0 Å². The number of carbonyl (C=O) groups is 2. The number of carboxylic acid groups (broad SMARTS) is 1. The highest BCUT2D eigenvalue weighted by molar-refractivity contribution is 5.91. The van der Waals surface area contributed by atoms with Crippen LogP contribution in [0.5, 0.6) is 0 Å². The van der Waals surface area contributed by atoms with E-state index in [0.29, 0.717) is 18.8 Å². The van der Waals surface area contributed by atoms with Crippen molar-refractivity contribution in [3.63, 3.8) is 0 Å². The molecule has 5 heteroatoms. The molecule has 0 aliphatic carbocycles. The fourth-order valence-corrected chi connectivity index (χ4v) is 2.72. The summed E-state index contributed by atoms with van der Waals surface area (Å²) in [5.74, 6) is 0.594. The quantitative estimate of drug-likeness (QED) is 0.919. The Balaban J connectivity index is 1.96. The maximum absolute atomic E-state index is 12.3. The molecule has 0 bridgehead atoms. The summed E-state index contributed by atoms with van der Waals surface area (Å²) in [6.07, 6.45) is 2.47. The summed E-state index contributed by atoms with van der Waals surface area (Å²) in [6, 6.07) is 1.80. The van der Waals surface area contributed by atoms with Gasteiger partial charge in [0.25, 0.3) is 5.91 Å². The summed E-state index contributed by atoms with van der Waals surface area (Å²) in [4.78, 5) is 24.8. The monoisotopic (exact) mass is 279 g/mol. The molecule has 0 saturated carbocycles. The number of hydrogen-bond acceptors (Lipinski definition) is 3. The number of likely N-dealkylation sites (tertiary alicyclic amines) is 1. The standard InChI is InChI=1S/C15H21NO4/c1-3-12-10(2)8-13(20-12)15(19)16-6-4-11(5-7-16)9-14(17)18/h8,11H,3-7,9H2,1-2H3,(H,17,18). The molecule has 1 N–H and O–H groups in total. The number of rotatable bonds is 4. The predicted octanol–water partition coefficient (Wildman–Crippen LogP) is 2.48. The number of amides is 1. The first-order chi connectivity index (χ1) is 9.51. The van der Waals surface area contributed by atoms with Crippen LogP contribution in [0.2, 0.25) is 0 Å². The Hall–Kier alpha value is -1.78. The highest BCUT2D eigenvalue weighted by atomic mass is 16.4. The third-order valence-corrected chi connectivity index (χ3v) is 3.92. The molecule has 2 rings (SSSR count). The number of hydrogen-bond donors (Lipinski definition) is 1. The van der Waals surface area contributed by atoms with Gasteiger partial charge in [0.2, 0.25) is 0 Å². The maximum atomic E-state index is 12.3. The van der Waals surface area contributed by atoms with Gasteiger partial charge in [-0.15, -0.1) is 0 Å². The minimum Gasteiger partial charge on any atom is -0.481 e. The van der Waals surface area contributed by atoms with Crippen LogP contribution in [-0.4, -0.2) is 35.0 Å². The molecule has 20 heavy (non-hydrogen) atoms. The number of aliphatic carboxylic acids is 1. The zero-order valence-corrected chi connectivity index (χ0v) is 12.0. The van der Waals surface area contributed by atoms with Crippen LogP contribution in [0.25, 0.3) is 0 Å². The lowest BCUT2D eigenvalue weighted by Gasteiger charge is -2.30. The normalized spacial score (nSPS) is 16.4. The fraction of sp³-hybridized carbons (Fsp3) is 0.600. The summed E-state index contributed by atoms with van der Waals surface area (Å²) in [7, 11) is 0. The van der Waals surface area contributed by atoms with Crippen LogP contribution in [0, 0.1) is 12.8 Å². The molecule has 1 amide bonds. The third kappa shape index (κ3) is 3.21. The number of nitrogens with zero attached hydrogens (tertiary/aromatic N) is 1. The summed E-state index contributed by atoms with van der Waals surface area (Å²) in [5, 5.41) is 8.78. The van der Waals surface area contributed by atoms with E-state index in [2.05, 4.69) is 0 Å². The molecule has 0 aromatic carbocycles. The summed E-state index contributed by atoms with van der Waals surface area (Å²) >= 11 is 0. The van der Waals surface area contributed by atoms with E-state index in [0.717, 1.165) is 30.6 Å². The maximum Gasteiger partial charge on any atom is 0.303 e. The van der Waals surface area contributed by atoms with Gasteiger partial charge < -0.3 is 14.4 Å². The van der Waals surface area contributed by atoms with Gasteiger partial charge in [-0.3, -0.25) is 9.59 Å². The number of carboxylic acids is 1. The minimum absolute atomic E-state index is 0.0819. The van der Waals surface area contributed by atoms with E-state index in [1.54, 1.807) is 11.0 Å². The van der Waals surface area contributed by atoms with E-state index in [-0.39, 0.29) is 18.2 Å². The molecule has 0 spiro atoms. The lowest BCUT2D eigenvalue weighted by molar-refractivity contribution is -0.138. The molecular weight excluding hydrogens is 258 g/mol. The van der Waals surface area contributed by atoms with Gasteiger partial charge in [0.05, 0.1) is 0 Å². The Kier molecular flexibility index (Phi) is 4.47. The van der Waals surface area contributed by atoms with E-state index in [1.165, 1.54) is 0 Å². The Labute approximate surface area is 118 Å². The van der Waals surface area contributed by atoms with Gasteiger partial charge in [0, 0.05) is 25.9 Å². The van der Waals surface area contributed by atoms with Gasteiger partial charge >= 0.3 is 5.97 Å². The van der Waals surface area contributed by atoms with E-state index in [1.807, 2.05) is 13.8 Å². The molecule has 1 aromatic heterocycles. The first kappa shape index (κ1) is 14.6. The summed E-state index contributed by atoms with van der Waals surface area (Å²) in [5.41, 5.74) is 1.01. The zero-order valence-electron chi connectivity index (χ0n) is 12.0. The van der Waals surface area contributed by atoms with Gasteiger partial charge in [0.15, 0.2) is 5.76 Å². The first-order valence-electron chi connectivity index (χ1n) is 7.11. The average molecular weight is 279 g/mol. The smallest absolute Gasteiger partial charge is 0.303 e. The van der Waals surface area contributed by atoms with Crippen LogP contribution in [0.15, 0.2) is 10.5 Å². The van der Waals surface area contributed by atoms with Crippen LogP contribution in [0.4, 0.5) is 0 Å². The molecule has 110 valence electrons. The molecule has 1 aliphatic heterocycles. The largest absolute Gasteiger partial charge is 0.481 e. The Morgan fingerprint density at radius 3 is 2.55 bits per heavy atom. The third-order valence-electron chi connectivity index (χ3n) is 3.92. The van der Waals surface area contributed by atoms with Crippen molar-refractivity contribution in [1.29, 1.82) is 0 Å². The highest BCUT2D eigenvalue weighted by Crippen LogP contribution is 2.23. The fourth-order valence-electron chi connectivity index (χ4n) is 2.72. The van der Waals surface area contributed by atoms with Crippen molar-refractivity contribution in [2.75, 3.05) is 13.1 Å². The van der Waals surface area contributed by atoms with Crippen molar-refractivity contribution >= 4 is 11.9 Å². The lowest BCUT2D eigenvalue weighted by Crippen LogP contribution is -2.38. The Bertz CT molecular complexity index is 498. The second-order valence-corrected chi connectivity index (χ2v) is 5.40. The molecule has 1 aliphatic rings. The predicted molar refractivity (Wildman–Crippen MR) is 73.7 cm³/mol. The van der Waals surface area contributed by atoms with Crippen molar-refractivity contribution in [1.82, 2.24) is 4.90 Å². The van der Waals surface area contributed by atoms with Crippen molar-refractivity contribution in [3.8, 4) is 0 Å². The zero-order chi connectivity index (χ0) is 14.7. The van der Waals surface area contributed by atoms with E-state index in [4.69, 9.17) is 9.52 Å². The molecule has 1 aromatic rings. The topological polar surface area (TPSA) is 70.8 Å². The number of carbonyl (C=O) groups excluding carboxylic acids is 1. The second-order valence-electron chi connectivity index (χ2n) is 5.40. The van der Waals surface area contributed by atoms with E-state index < -0.39 is 5.97 Å². The van der Waals surface area contributed by atoms with E-state index >= 15 is 0 Å². The molecule has 0 radical (unpaired) electrons. The number of furan rings is 1. The van der Waals surface area contributed by atoms with Crippen molar-refractivity contribution in [2.45, 2.75) is 39.5 Å². The molecule has 5 nitrogen and oxygen atoms in total. The van der Waals surface area contributed by atoms with Crippen molar-refractivity contribution in [3.05, 3.63) is 23.2 Å². The van der Waals surface area contributed by atoms with Crippen LogP contribution < -0.4 is 0 Å². The molecule has 0 atom stereocenters. The van der Waals surface area contributed by atoms with Crippen molar-refractivity contribution < 1.29 is 19.1 Å². The SMILES string of the molecule is CCc1oc(C(=O)N2CCC(CC(=O)O)CC2)cc1C. The van der Waals surface area contributed by atoms with E-state index in [9.17, 15) is 9.59 Å². The molecule has 1 fully saturated rings. The first-order valence-corrected chi connectivity index (χ1v) is 7.11. The van der Waals surface area contributed by atoms with Gasteiger partial charge in [0.1, 0.15) is 5.76 Å². The molecule has 2 heterocycles. The molecular formula is C15H21NO4. The van der Waals surface area contributed by atoms with Crippen LogP contribution in [-0.2, 0) is 11.2 Å². The summed E-state index contributed by atoms with van der Waals surface area (Å²) in [6.45, 7) is 5.16. The number of piperidine rings is 1. The highest BCUT2D eigenvalue weighted by Gasteiger charge is 2.26. The Morgan fingerprint density at radius 2 is 2.05 bits per heavy atom. The molecule has 1 saturated heterocycles. The second kappa shape index (κ2) is 6.11. The Morgan fingerprint density at radius 1 is 1.40 bits per heavy atom. The van der Waals surface area contributed by atoms with Crippen LogP contribution in [0.1, 0.15) is 48.1 Å². The van der Waals surface area contributed by atoms with Gasteiger partial charge in [-0.1, -0.05) is 6.92 Å². The van der Waals surface area contributed by atoms with Crippen LogP contribution >= 0.6 is 0 Å². The van der Waals surface area contributed by atoms with Gasteiger partial charge in [-0.2, -0.15) is 0 Å². The minimum atomic E-state index is -0.760.